The number of para-hydroxylation sites is 2. The summed E-state index contributed by atoms with van der Waals surface area (Å²) in [4.78, 5) is 12.3. The molecule has 0 spiro atoms. The molecule has 0 aliphatic carbocycles. The molecule has 0 aliphatic heterocycles. The number of halogens is 1. The quantitative estimate of drug-likeness (QED) is 0.579. The van der Waals surface area contributed by atoms with Crippen molar-refractivity contribution in [3.63, 3.8) is 0 Å². The Labute approximate surface area is 169 Å². The molecule has 0 aliphatic rings. The van der Waals surface area contributed by atoms with Gasteiger partial charge in [-0.15, -0.1) is 0 Å². The smallest absolute Gasteiger partial charge is 0.263 e. The molecular formula is C21H22ClN3O3. The zero-order valence-electron chi connectivity index (χ0n) is 15.6. The van der Waals surface area contributed by atoms with Gasteiger partial charge in [0, 0.05) is 11.1 Å². The summed E-state index contributed by atoms with van der Waals surface area (Å²) in [6.45, 7) is 2.94. The second kappa shape index (κ2) is 9.80. The molecule has 146 valence electrons. The number of aromatic nitrogens is 2. The van der Waals surface area contributed by atoms with Crippen LogP contribution < -0.4 is 14.8 Å². The first-order valence-electron chi connectivity index (χ1n) is 9.07. The molecule has 0 saturated carbocycles. The third-order valence-electron chi connectivity index (χ3n) is 3.93. The Hall–Kier alpha value is -2.99. The average molecular weight is 400 g/mol. The van der Waals surface area contributed by atoms with E-state index in [0.29, 0.717) is 35.5 Å². The molecule has 0 fully saturated rings. The van der Waals surface area contributed by atoms with E-state index >= 15 is 0 Å². The predicted octanol–water partition coefficient (Wildman–Crippen LogP) is 4.39. The Kier molecular flexibility index (Phi) is 6.92. The minimum absolute atomic E-state index is 0.135. The van der Waals surface area contributed by atoms with Gasteiger partial charge in [-0.2, -0.15) is 5.10 Å². The maximum atomic E-state index is 12.3. The van der Waals surface area contributed by atoms with Crippen LogP contribution in [0.1, 0.15) is 18.9 Å². The first-order chi connectivity index (χ1) is 13.7. The van der Waals surface area contributed by atoms with E-state index < -0.39 is 0 Å². The first-order valence-corrected chi connectivity index (χ1v) is 9.45. The Balaban J connectivity index is 1.59. The predicted molar refractivity (Wildman–Crippen MR) is 109 cm³/mol. The molecule has 1 aromatic heterocycles. The maximum Gasteiger partial charge on any atom is 0.263 e. The van der Waals surface area contributed by atoms with Crippen LogP contribution >= 0.6 is 11.6 Å². The van der Waals surface area contributed by atoms with Crippen LogP contribution in [0.4, 0.5) is 5.82 Å². The Morgan fingerprint density at radius 1 is 1.07 bits per heavy atom. The number of carbonyl (C=O) groups is 1. The fourth-order valence-corrected chi connectivity index (χ4v) is 2.77. The van der Waals surface area contributed by atoms with Crippen molar-refractivity contribution in [2.24, 2.45) is 0 Å². The number of ether oxygens (including phenoxy) is 2. The number of benzene rings is 2. The van der Waals surface area contributed by atoms with Crippen molar-refractivity contribution in [2.45, 2.75) is 19.9 Å². The number of nitrogens with zero attached hydrogens (tertiary/aromatic N) is 2. The van der Waals surface area contributed by atoms with Gasteiger partial charge in [-0.1, -0.05) is 48.9 Å². The number of rotatable bonds is 9. The summed E-state index contributed by atoms with van der Waals surface area (Å²) in [6, 6.07) is 16.6. The summed E-state index contributed by atoms with van der Waals surface area (Å²) in [7, 11) is 0. The average Bonchev–Trinajstić information content (AvgIpc) is 3.13. The van der Waals surface area contributed by atoms with Gasteiger partial charge in [0.25, 0.3) is 5.91 Å². The van der Waals surface area contributed by atoms with Crippen LogP contribution in [0.15, 0.2) is 60.8 Å². The van der Waals surface area contributed by atoms with E-state index in [2.05, 4.69) is 10.4 Å². The fourth-order valence-electron chi connectivity index (χ4n) is 2.58. The molecule has 6 nitrogen and oxygen atoms in total. The Morgan fingerprint density at radius 2 is 1.79 bits per heavy atom. The largest absolute Gasteiger partial charge is 0.490 e. The van der Waals surface area contributed by atoms with Crippen LogP contribution in [-0.2, 0) is 11.3 Å². The minimum atomic E-state index is -0.286. The molecule has 7 heteroatoms. The highest BCUT2D eigenvalue weighted by Gasteiger charge is 2.11. The van der Waals surface area contributed by atoms with Gasteiger partial charge in [-0.25, -0.2) is 4.68 Å². The molecule has 1 N–H and O–H groups in total. The third kappa shape index (κ3) is 5.27. The summed E-state index contributed by atoms with van der Waals surface area (Å²) < 4.78 is 13.0. The van der Waals surface area contributed by atoms with Crippen LogP contribution in [0, 0.1) is 0 Å². The molecule has 0 unspecified atom stereocenters. The standard InChI is InChI=1S/C21H22ClN3O3/c1-2-13-27-18-9-5-6-10-19(18)28-15-21(26)24-20-11-12-23-25(20)14-16-7-3-4-8-17(16)22/h3-12H,2,13-15H2,1H3,(H,24,26). The maximum absolute atomic E-state index is 12.3. The van der Waals surface area contributed by atoms with Gasteiger partial charge in [-0.3, -0.25) is 4.79 Å². The summed E-state index contributed by atoms with van der Waals surface area (Å²) in [6.07, 6.45) is 2.52. The Bertz CT molecular complexity index is 927. The van der Waals surface area contributed by atoms with Gasteiger partial charge in [0.1, 0.15) is 5.82 Å². The van der Waals surface area contributed by atoms with Crippen LogP contribution in [-0.4, -0.2) is 28.9 Å². The third-order valence-corrected chi connectivity index (χ3v) is 4.30. The molecule has 0 bridgehead atoms. The van der Waals surface area contributed by atoms with Crippen molar-refractivity contribution < 1.29 is 14.3 Å². The monoisotopic (exact) mass is 399 g/mol. The lowest BCUT2D eigenvalue weighted by Crippen LogP contribution is -2.22. The number of amides is 1. The van der Waals surface area contributed by atoms with Crippen molar-refractivity contribution >= 4 is 23.3 Å². The summed E-state index contributed by atoms with van der Waals surface area (Å²) in [5.74, 6) is 1.45. The van der Waals surface area contributed by atoms with Gasteiger partial charge < -0.3 is 14.8 Å². The van der Waals surface area contributed by atoms with Gasteiger partial charge in [0.15, 0.2) is 18.1 Å². The van der Waals surface area contributed by atoms with Crippen molar-refractivity contribution in [1.82, 2.24) is 9.78 Å². The minimum Gasteiger partial charge on any atom is -0.490 e. The molecule has 1 amide bonds. The summed E-state index contributed by atoms with van der Waals surface area (Å²) in [5.41, 5.74) is 0.918. The van der Waals surface area contributed by atoms with E-state index in [-0.39, 0.29) is 12.5 Å². The number of carbonyl (C=O) groups excluding carboxylic acids is 1. The Morgan fingerprint density at radius 3 is 2.54 bits per heavy atom. The number of hydrogen-bond donors (Lipinski definition) is 1. The van der Waals surface area contributed by atoms with E-state index in [4.69, 9.17) is 21.1 Å². The first kappa shape index (κ1) is 19.8. The van der Waals surface area contributed by atoms with E-state index in [9.17, 15) is 4.79 Å². The zero-order valence-corrected chi connectivity index (χ0v) is 16.4. The SMILES string of the molecule is CCCOc1ccccc1OCC(=O)Nc1ccnn1Cc1ccccc1Cl. The van der Waals surface area contributed by atoms with Crippen LogP contribution in [0.3, 0.4) is 0 Å². The molecule has 0 atom stereocenters. The van der Waals surface area contributed by atoms with E-state index in [1.807, 2.05) is 49.4 Å². The molecule has 3 aromatic rings. The summed E-state index contributed by atoms with van der Waals surface area (Å²) >= 11 is 6.21. The van der Waals surface area contributed by atoms with E-state index in [1.165, 1.54) is 0 Å². The van der Waals surface area contributed by atoms with Crippen molar-refractivity contribution in [3.05, 3.63) is 71.4 Å². The van der Waals surface area contributed by atoms with Gasteiger partial charge in [0.05, 0.1) is 19.3 Å². The lowest BCUT2D eigenvalue weighted by atomic mass is 10.2. The lowest BCUT2D eigenvalue weighted by molar-refractivity contribution is -0.118. The topological polar surface area (TPSA) is 65.4 Å². The number of nitrogens with one attached hydrogen (secondary N) is 1. The van der Waals surface area contributed by atoms with Crippen molar-refractivity contribution in [1.29, 1.82) is 0 Å². The van der Waals surface area contributed by atoms with E-state index in [1.54, 1.807) is 23.0 Å². The zero-order chi connectivity index (χ0) is 19.8. The van der Waals surface area contributed by atoms with Gasteiger partial charge in [0.2, 0.25) is 0 Å². The molecule has 2 aromatic carbocycles. The van der Waals surface area contributed by atoms with Gasteiger partial charge >= 0.3 is 0 Å². The molecule has 0 radical (unpaired) electrons. The second-order valence-electron chi connectivity index (χ2n) is 6.10. The van der Waals surface area contributed by atoms with Crippen LogP contribution in [0.5, 0.6) is 11.5 Å². The highest BCUT2D eigenvalue weighted by Crippen LogP contribution is 2.26. The van der Waals surface area contributed by atoms with Crippen molar-refractivity contribution in [3.8, 4) is 11.5 Å². The highest BCUT2D eigenvalue weighted by molar-refractivity contribution is 6.31. The van der Waals surface area contributed by atoms with E-state index in [0.717, 1.165) is 12.0 Å². The molecular weight excluding hydrogens is 378 g/mol. The normalized spacial score (nSPS) is 10.5. The molecule has 3 rings (SSSR count). The molecule has 0 saturated heterocycles. The van der Waals surface area contributed by atoms with Crippen LogP contribution in [0.2, 0.25) is 5.02 Å². The molecule has 1 heterocycles. The van der Waals surface area contributed by atoms with Crippen molar-refractivity contribution in [2.75, 3.05) is 18.5 Å². The second-order valence-corrected chi connectivity index (χ2v) is 6.50. The summed E-state index contributed by atoms with van der Waals surface area (Å²) in [5, 5.41) is 7.72. The lowest BCUT2D eigenvalue weighted by Gasteiger charge is -2.13. The fraction of sp³-hybridized carbons (Fsp3) is 0.238. The number of hydrogen-bond acceptors (Lipinski definition) is 4. The number of anilines is 1. The molecule has 28 heavy (non-hydrogen) atoms. The van der Waals surface area contributed by atoms with Crippen LogP contribution in [0.25, 0.3) is 0 Å². The van der Waals surface area contributed by atoms with Gasteiger partial charge in [-0.05, 0) is 30.2 Å². The highest BCUT2D eigenvalue weighted by atomic mass is 35.5.